The van der Waals surface area contributed by atoms with Crippen molar-refractivity contribution in [3.05, 3.63) is 12.2 Å². The van der Waals surface area contributed by atoms with Gasteiger partial charge in [0.2, 0.25) is 11.8 Å². The quantitative estimate of drug-likeness (QED) is 0.761. The van der Waals surface area contributed by atoms with Crippen molar-refractivity contribution < 1.29 is 14.3 Å². The molecule has 24 heavy (non-hydrogen) atoms. The van der Waals surface area contributed by atoms with Gasteiger partial charge in [-0.1, -0.05) is 6.42 Å². The second-order valence-corrected chi connectivity index (χ2v) is 6.11. The summed E-state index contributed by atoms with van der Waals surface area (Å²) < 4.78 is 6.92. The van der Waals surface area contributed by atoms with Crippen LogP contribution in [0.4, 0.5) is 0 Å². The normalized spacial score (nSPS) is 16.8. The topological polar surface area (TPSA) is 89.3 Å². The van der Waals surface area contributed by atoms with Crippen molar-refractivity contribution in [3.8, 4) is 0 Å². The zero-order valence-corrected chi connectivity index (χ0v) is 14.5. The number of likely N-dealkylation sites (tertiary alicyclic amines) is 1. The first-order valence-corrected chi connectivity index (χ1v) is 8.55. The van der Waals surface area contributed by atoms with Gasteiger partial charge in [0.15, 0.2) is 5.82 Å². The largest absolute Gasteiger partial charge is 0.383 e. The van der Waals surface area contributed by atoms with E-state index in [1.807, 2.05) is 11.5 Å². The highest BCUT2D eigenvalue weighted by molar-refractivity contribution is 5.79. The summed E-state index contributed by atoms with van der Waals surface area (Å²) in [5.74, 6) is 0.778. The molecule has 1 fully saturated rings. The molecule has 8 nitrogen and oxygen atoms in total. The number of aromatic nitrogens is 3. The minimum absolute atomic E-state index is 0.0826. The number of rotatable bonds is 8. The van der Waals surface area contributed by atoms with Gasteiger partial charge in [-0.15, -0.1) is 10.2 Å². The molecule has 134 valence electrons. The summed E-state index contributed by atoms with van der Waals surface area (Å²) in [7, 11) is 1.64. The van der Waals surface area contributed by atoms with Gasteiger partial charge in [0.25, 0.3) is 0 Å². The third kappa shape index (κ3) is 5.30. The van der Waals surface area contributed by atoms with E-state index in [9.17, 15) is 9.59 Å². The molecule has 0 unspecified atom stereocenters. The molecule has 1 N–H and O–H groups in total. The monoisotopic (exact) mass is 337 g/mol. The number of methoxy groups -OCH3 is 1. The molecule has 1 atom stereocenters. The predicted octanol–water partition coefficient (Wildman–Crippen LogP) is 0.894. The maximum absolute atomic E-state index is 12.2. The number of carbonyl (C=O) groups excluding carboxylic acids is 2. The van der Waals surface area contributed by atoms with Crippen LogP contribution in [-0.2, 0) is 20.9 Å². The van der Waals surface area contributed by atoms with Crippen molar-refractivity contribution in [2.45, 2.75) is 51.6 Å². The van der Waals surface area contributed by atoms with E-state index in [1.54, 1.807) is 18.3 Å². The zero-order chi connectivity index (χ0) is 17.4. The van der Waals surface area contributed by atoms with Gasteiger partial charge in [-0.05, 0) is 19.8 Å². The van der Waals surface area contributed by atoms with Crippen LogP contribution in [0.5, 0.6) is 0 Å². The van der Waals surface area contributed by atoms with Crippen molar-refractivity contribution in [3.63, 3.8) is 0 Å². The Morgan fingerprint density at radius 1 is 1.38 bits per heavy atom. The fourth-order valence-corrected chi connectivity index (χ4v) is 2.85. The predicted molar refractivity (Wildman–Crippen MR) is 88.1 cm³/mol. The third-order valence-electron chi connectivity index (χ3n) is 4.23. The van der Waals surface area contributed by atoms with E-state index in [0.29, 0.717) is 38.4 Å². The SMILES string of the molecule is COCCn1cnnc1[C@H](C)NC(=O)CCN1CCCCCC1=O. The van der Waals surface area contributed by atoms with Gasteiger partial charge < -0.3 is 19.5 Å². The maximum atomic E-state index is 12.2. The Hall–Kier alpha value is -1.96. The molecule has 1 saturated heterocycles. The molecule has 2 amide bonds. The van der Waals surface area contributed by atoms with Crippen molar-refractivity contribution in [2.24, 2.45) is 0 Å². The summed E-state index contributed by atoms with van der Waals surface area (Å²) >= 11 is 0. The van der Waals surface area contributed by atoms with Crippen LogP contribution in [0.15, 0.2) is 6.33 Å². The highest BCUT2D eigenvalue weighted by atomic mass is 16.5. The van der Waals surface area contributed by atoms with Crippen LogP contribution in [-0.4, -0.2) is 58.3 Å². The molecule has 1 aromatic rings. The third-order valence-corrected chi connectivity index (χ3v) is 4.23. The first kappa shape index (κ1) is 18.4. The summed E-state index contributed by atoms with van der Waals surface area (Å²) in [4.78, 5) is 25.9. The van der Waals surface area contributed by atoms with Crippen molar-refractivity contribution in [2.75, 3.05) is 26.8 Å². The lowest BCUT2D eigenvalue weighted by atomic mass is 10.2. The van der Waals surface area contributed by atoms with E-state index in [2.05, 4.69) is 15.5 Å². The first-order valence-electron chi connectivity index (χ1n) is 8.55. The molecule has 1 aliphatic heterocycles. The van der Waals surface area contributed by atoms with E-state index >= 15 is 0 Å². The molecule has 1 aliphatic rings. The number of hydrogen-bond acceptors (Lipinski definition) is 5. The standard InChI is InChI=1S/C16H27N5O3/c1-13(16-19-17-12-21(16)10-11-24-2)18-14(22)7-9-20-8-5-3-4-6-15(20)23/h12-13H,3-11H2,1-2H3,(H,18,22)/t13-/m0/s1. The molecule has 0 spiro atoms. The highest BCUT2D eigenvalue weighted by Crippen LogP contribution is 2.12. The van der Waals surface area contributed by atoms with Crippen LogP contribution in [0.1, 0.15) is 50.9 Å². The first-order chi connectivity index (χ1) is 11.6. The molecule has 0 aliphatic carbocycles. The van der Waals surface area contributed by atoms with Crippen molar-refractivity contribution in [1.82, 2.24) is 25.0 Å². The van der Waals surface area contributed by atoms with Gasteiger partial charge in [0.1, 0.15) is 6.33 Å². The van der Waals surface area contributed by atoms with E-state index in [1.165, 1.54) is 0 Å². The van der Waals surface area contributed by atoms with Gasteiger partial charge in [-0.25, -0.2) is 0 Å². The Morgan fingerprint density at radius 3 is 3.00 bits per heavy atom. The maximum Gasteiger partial charge on any atom is 0.222 e. The Balaban J connectivity index is 1.81. The Bertz CT molecular complexity index is 546. The van der Waals surface area contributed by atoms with E-state index < -0.39 is 0 Å². The Kier molecular flexibility index (Phi) is 7.17. The Labute approximate surface area is 142 Å². The molecule has 1 aromatic heterocycles. The average Bonchev–Trinajstić information content (AvgIpc) is 2.94. The van der Waals surface area contributed by atoms with Gasteiger partial charge in [0.05, 0.1) is 12.6 Å². The van der Waals surface area contributed by atoms with Gasteiger partial charge in [-0.3, -0.25) is 9.59 Å². The van der Waals surface area contributed by atoms with E-state index in [4.69, 9.17) is 4.74 Å². The lowest BCUT2D eigenvalue weighted by Gasteiger charge is -2.21. The number of ether oxygens (including phenoxy) is 1. The fourth-order valence-electron chi connectivity index (χ4n) is 2.85. The lowest BCUT2D eigenvalue weighted by molar-refractivity contribution is -0.131. The van der Waals surface area contributed by atoms with E-state index in [-0.39, 0.29) is 17.9 Å². The van der Waals surface area contributed by atoms with Gasteiger partial charge in [-0.2, -0.15) is 0 Å². The molecule has 2 heterocycles. The smallest absolute Gasteiger partial charge is 0.222 e. The Morgan fingerprint density at radius 2 is 2.21 bits per heavy atom. The minimum atomic E-state index is -0.239. The minimum Gasteiger partial charge on any atom is -0.383 e. The molecule has 0 bridgehead atoms. The van der Waals surface area contributed by atoms with Crippen LogP contribution in [0.25, 0.3) is 0 Å². The molecule has 2 rings (SSSR count). The number of hydrogen-bond donors (Lipinski definition) is 1. The van der Waals surface area contributed by atoms with Gasteiger partial charge >= 0.3 is 0 Å². The second-order valence-electron chi connectivity index (χ2n) is 6.11. The summed E-state index contributed by atoms with van der Waals surface area (Å²) in [5.41, 5.74) is 0. The zero-order valence-electron chi connectivity index (χ0n) is 14.5. The highest BCUT2D eigenvalue weighted by Gasteiger charge is 2.19. The molecule has 0 aromatic carbocycles. The fraction of sp³-hybridized carbons (Fsp3) is 0.750. The van der Waals surface area contributed by atoms with Crippen LogP contribution >= 0.6 is 0 Å². The number of carbonyl (C=O) groups is 2. The number of amides is 2. The van der Waals surface area contributed by atoms with Crippen LogP contribution in [0.2, 0.25) is 0 Å². The molecule has 0 radical (unpaired) electrons. The van der Waals surface area contributed by atoms with Gasteiger partial charge in [0, 0.05) is 39.6 Å². The van der Waals surface area contributed by atoms with Crippen molar-refractivity contribution in [1.29, 1.82) is 0 Å². The van der Waals surface area contributed by atoms with Crippen LogP contribution in [0.3, 0.4) is 0 Å². The molecular formula is C16H27N5O3. The molecule has 8 heteroatoms. The molecular weight excluding hydrogens is 310 g/mol. The summed E-state index contributed by atoms with van der Waals surface area (Å²) in [5, 5.41) is 10.9. The van der Waals surface area contributed by atoms with Crippen LogP contribution < -0.4 is 5.32 Å². The number of nitrogens with zero attached hydrogens (tertiary/aromatic N) is 4. The average molecular weight is 337 g/mol. The van der Waals surface area contributed by atoms with Crippen LogP contribution in [0, 0.1) is 0 Å². The molecule has 0 saturated carbocycles. The summed E-state index contributed by atoms with van der Waals surface area (Å²) in [6.07, 6.45) is 5.60. The summed E-state index contributed by atoms with van der Waals surface area (Å²) in [6.45, 7) is 4.31. The van der Waals surface area contributed by atoms with Crippen molar-refractivity contribution >= 4 is 11.8 Å². The lowest BCUT2D eigenvalue weighted by Crippen LogP contribution is -2.36. The van der Waals surface area contributed by atoms with E-state index in [0.717, 1.165) is 25.8 Å². The number of nitrogens with one attached hydrogen (secondary N) is 1. The second kappa shape index (κ2) is 9.36. The summed E-state index contributed by atoms with van der Waals surface area (Å²) in [6, 6.07) is -0.239.